The van der Waals surface area contributed by atoms with E-state index in [4.69, 9.17) is 0 Å². The lowest BCUT2D eigenvalue weighted by molar-refractivity contribution is 0.619. The van der Waals surface area contributed by atoms with Gasteiger partial charge in [0.1, 0.15) is 5.82 Å². The second kappa shape index (κ2) is 4.28. The maximum atomic E-state index is 13.7. The molecule has 0 unspecified atom stereocenters. The van der Waals surface area contributed by atoms with Crippen molar-refractivity contribution in [3.8, 4) is 0 Å². The van der Waals surface area contributed by atoms with Gasteiger partial charge in [-0.1, -0.05) is 5.57 Å². The molecule has 0 aromatic heterocycles. The molecule has 2 aliphatic rings. The Hall–Kier alpha value is 0.450. The van der Waals surface area contributed by atoms with Gasteiger partial charge in [-0.25, -0.2) is 4.39 Å². The van der Waals surface area contributed by atoms with Crippen molar-refractivity contribution < 1.29 is 4.39 Å². The molecule has 1 aliphatic carbocycles. The van der Waals surface area contributed by atoms with Crippen molar-refractivity contribution >= 4 is 55.9 Å². The third kappa shape index (κ3) is 1.68. The first kappa shape index (κ1) is 11.5. The van der Waals surface area contributed by atoms with Crippen LogP contribution in [0.3, 0.4) is 0 Å². The SMILES string of the molecule is Fc1cc(I)c2c(c1Br)C1=C(CCSC1)C2. The van der Waals surface area contributed by atoms with Gasteiger partial charge in [0, 0.05) is 14.9 Å². The Morgan fingerprint density at radius 1 is 1.44 bits per heavy atom. The molecule has 0 saturated carbocycles. The molecule has 0 bridgehead atoms. The number of allylic oxidation sites excluding steroid dienone is 1. The van der Waals surface area contributed by atoms with Crippen LogP contribution < -0.4 is 0 Å². The standard InChI is InChI=1S/C12H9BrFIS/c13-12-9(14)4-10(15)7-3-6-1-2-16-5-8(6)11(7)12/h4H,1-3,5H2. The minimum atomic E-state index is -0.132. The van der Waals surface area contributed by atoms with Crippen molar-refractivity contribution in [2.75, 3.05) is 11.5 Å². The molecule has 3 rings (SSSR count). The molecule has 0 atom stereocenters. The van der Waals surface area contributed by atoms with E-state index < -0.39 is 0 Å². The normalized spacial score (nSPS) is 18.7. The van der Waals surface area contributed by atoms with E-state index in [1.807, 2.05) is 11.8 Å². The zero-order valence-electron chi connectivity index (χ0n) is 8.45. The fraction of sp³-hybridized carbons (Fsp3) is 0.333. The molecule has 1 heterocycles. The first-order chi connectivity index (χ1) is 7.68. The predicted octanol–water partition coefficient (Wildman–Crippen LogP) is 4.64. The van der Waals surface area contributed by atoms with Gasteiger partial charge in [0.2, 0.25) is 0 Å². The molecular weight excluding hydrogens is 402 g/mol. The van der Waals surface area contributed by atoms with E-state index in [-0.39, 0.29) is 5.82 Å². The lowest BCUT2D eigenvalue weighted by Gasteiger charge is -2.15. The van der Waals surface area contributed by atoms with E-state index in [9.17, 15) is 4.39 Å². The van der Waals surface area contributed by atoms with E-state index in [2.05, 4.69) is 38.5 Å². The van der Waals surface area contributed by atoms with Crippen LogP contribution >= 0.6 is 50.3 Å². The number of halogens is 3. The smallest absolute Gasteiger partial charge is 0.139 e. The van der Waals surface area contributed by atoms with Crippen molar-refractivity contribution in [3.63, 3.8) is 0 Å². The molecule has 1 aromatic carbocycles. The van der Waals surface area contributed by atoms with E-state index in [0.717, 1.165) is 21.3 Å². The van der Waals surface area contributed by atoms with Crippen molar-refractivity contribution in [1.82, 2.24) is 0 Å². The summed E-state index contributed by atoms with van der Waals surface area (Å²) >= 11 is 7.60. The van der Waals surface area contributed by atoms with Crippen LogP contribution in [0.5, 0.6) is 0 Å². The third-order valence-corrected chi connectivity index (χ3v) is 5.91. The maximum absolute atomic E-state index is 13.7. The van der Waals surface area contributed by atoms with Gasteiger partial charge < -0.3 is 0 Å². The number of hydrogen-bond acceptors (Lipinski definition) is 1. The quantitative estimate of drug-likeness (QED) is 0.443. The van der Waals surface area contributed by atoms with Crippen molar-refractivity contribution in [1.29, 1.82) is 0 Å². The summed E-state index contributed by atoms with van der Waals surface area (Å²) in [4.78, 5) is 0. The summed E-state index contributed by atoms with van der Waals surface area (Å²) in [5.41, 5.74) is 5.38. The number of thioether (sulfide) groups is 1. The summed E-state index contributed by atoms with van der Waals surface area (Å²) in [5.74, 6) is 2.12. The molecule has 0 spiro atoms. The van der Waals surface area contributed by atoms with Crippen molar-refractivity contribution in [3.05, 3.63) is 36.6 Å². The average Bonchev–Trinajstić information content (AvgIpc) is 2.66. The Labute approximate surface area is 120 Å². The Kier molecular flexibility index (Phi) is 3.09. The molecule has 16 heavy (non-hydrogen) atoms. The highest BCUT2D eigenvalue weighted by Gasteiger charge is 2.28. The van der Waals surface area contributed by atoms with Gasteiger partial charge in [-0.15, -0.1) is 0 Å². The number of fused-ring (bicyclic) bond motifs is 2. The molecule has 0 amide bonds. The van der Waals surface area contributed by atoms with E-state index in [1.54, 1.807) is 6.07 Å². The molecule has 0 N–H and O–H groups in total. The van der Waals surface area contributed by atoms with Crippen LogP contribution in [0.4, 0.5) is 4.39 Å². The second-order valence-electron chi connectivity index (χ2n) is 4.07. The van der Waals surface area contributed by atoms with Gasteiger partial charge in [0.05, 0.1) is 4.47 Å². The highest BCUT2D eigenvalue weighted by Crippen LogP contribution is 2.45. The zero-order chi connectivity index (χ0) is 11.3. The fourth-order valence-corrected chi connectivity index (χ4v) is 4.81. The summed E-state index contributed by atoms with van der Waals surface area (Å²) < 4.78 is 15.4. The molecule has 0 fully saturated rings. The Morgan fingerprint density at radius 2 is 2.25 bits per heavy atom. The molecule has 84 valence electrons. The molecule has 0 nitrogen and oxygen atoms in total. The topological polar surface area (TPSA) is 0 Å². The van der Waals surface area contributed by atoms with Crippen molar-refractivity contribution in [2.24, 2.45) is 0 Å². The summed E-state index contributed by atoms with van der Waals surface area (Å²) in [7, 11) is 0. The first-order valence-corrected chi connectivity index (χ1v) is 8.16. The van der Waals surface area contributed by atoms with Gasteiger partial charge in [-0.2, -0.15) is 11.8 Å². The highest BCUT2D eigenvalue weighted by atomic mass is 127. The molecular formula is C12H9BrFIS. The summed E-state index contributed by atoms with van der Waals surface area (Å²) in [6.07, 6.45) is 2.20. The largest absolute Gasteiger partial charge is 0.206 e. The van der Waals surface area contributed by atoms with E-state index in [1.165, 1.54) is 28.9 Å². The molecule has 0 saturated heterocycles. The van der Waals surface area contributed by atoms with Crippen LogP contribution in [0.2, 0.25) is 0 Å². The molecule has 1 aliphatic heterocycles. The van der Waals surface area contributed by atoms with Crippen LogP contribution in [-0.2, 0) is 6.42 Å². The second-order valence-corrected chi connectivity index (χ2v) is 7.13. The highest BCUT2D eigenvalue weighted by molar-refractivity contribution is 14.1. The predicted molar refractivity (Wildman–Crippen MR) is 79.4 cm³/mol. The van der Waals surface area contributed by atoms with Crippen LogP contribution in [0.25, 0.3) is 5.57 Å². The van der Waals surface area contributed by atoms with Crippen LogP contribution in [0.1, 0.15) is 17.5 Å². The Balaban J connectivity index is 2.24. The number of rotatable bonds is 0. The fourth-order valence-electron chi connectivity index (χ4n) is 2.40. The minimum Gasteiger partial charge on any atom is -0.206 e. The maximum Gasteiger partial charge on any atom is 0.139 e. The monoisotopic (exact) mass is 410 g/mol. The number of benzene rings is 1. The van der Waals surface area contributed by atoms with Crippen LogP contribution in [-0.4, -0.2) is 11.5 Å². The zero-order valence-corrected chi connectivity index (χ0v) is 13.0. The average molecular weight is 411 g/mol. The summed E-state index contributed by atoms with van der Waals surface area (Å²) in [6.45, 7) is 0. The molecule has 0 radical (unpaired) electrons. The minimum absolute atomic E-state index is 0.132. The number of hydrogen-bond donors (Lipinski definition) is 0. The summed E-state index contributed by atoms with van der Waals surface area (Å²) in [5, 5.41) is 0. The van der Waals surface area contributed by atoms with Gasteiger partial charge in [0.15, 0.2) is 0 Å². The van der Waals surface area contributed by atoms with Crippen LogP contribution in [0.15, 0.2) is 16.1 Å². The van der Waals surface area contributed by atoms with E-state index in [0.29, 0.717) is 4.47 Å². The lowest BCUT2D eigenvalue weighted by Crippen LogP contribution is -1.99. The summed E-state index contributed by atoms with van der Waals surface area (Å²) in [6, 6.07) is 1.63. The molecule has 4 heteroatoms. The molecule has 1 aromatic rings. The third-order valence-electron chi connectivity index (χ3n) is 3.19. The van der Waals surface area contributed by atoms with Gasteiger partial charge in [0.25, 0.3) is 0 Å². The Morgan fingerprint density at radius 3 is 3.06 bits per heavy atom. The van der Waals surface area contributed by atoms with Gasteiger partial charge in [-0.05, 0) is 74.3 Å². The van der Waals surface area contributed by atoms with Gasteiger partial charge >= 0.3 is 0 Å². The van der Waals surface area contributed by atoms with Crippen molar-refractivity contribution in [2.45, 2.75) is 12.8 Å². The first-order valence-electron chi connectivity index (χ1n) is 5.14. The van der Waals surface area contributed by atoms with E-state index >= 15 is 0 Å². The Bertz CT molecular complexity index is 510. The lowest BCUT2D eigenvalue weighted by atomic mass is 10.1. The van der Waals surface area contributed by atoms with Crippen LogP contribution in [0, 0.1) is 9.39 Å². The van der Waals surface area contributed by atoms with Gasteiger partial charge in [-0.3, -0.25) is 0 Å².